The van der Waals surface area contributed by atoms with Gasteiger partial charge in [-0.05, 0) is 19.9 Å². The van der Waals surface area contributed by atoms with E-state index in [9.17, 15) is 24.8 Å². The van der Waals surface area contributed by atoms with E-state index in [1.165, 1.54) is 25.4 Å². The smallest absolute Gasteiger partial charge is 0.326 e. The topological polar surface area (TPSA) is 157 Å². The second kappa shape index (κ2) is 6.52. The molecule has 3 rings (SSSR count). The summed E-state index contributed by atoms with van der Waals surface area (Å²) in [6, 6.07) is 2.42. The summed E-state index contributed by atoms with van der Waals surface area (Å²) < 4.78 is 4.96. The van der Waals surface area contributed by atoms with Crippen LogP contribution in [-0.2, 0) is 19.7 Å². The predicted octanol–water partition coefficient (Wildman–Crippen LogP) is 1.61. The highest BCUT2D eigenvalue weighted by molar-refractivity contribution is 6.19. The van der Waals surface area contributed by atoms with Crippen LogP contribution in [0, 0.1) is 10.1 Å². The number of esters is 1. The number of rotatable bonds is 5. The van der Waals surface area contributed by atoms with E-state index in [1.54, 1.807) is 6.92 Å². The van der Waals surface area contributed by atoms with Gasteiger partial charge in [0.05, 0.1) is 11.5 Å². The number of carbonyl (C=O) groups is 2. The summed E-state index contributed by atoms with van der Waals surface area (Å²) >= 11 is 0. The van der Waals surface area contributed by atoms with Gasteiger partial charge in [0.25, 0.3) is 11.6 Å². The lowest BCUT2D eigenvalue weighted by Crippen LogP contribution is -2.40. The van der Waals surface area contributed by atoms with Crippen LogP contribution in [0.1, 0.15) is 19.4 Å². The van der Waals surface area contributed by atoms with Crippen LogP contribution in [-0.4, -0.2) is 38.5 Å². The Labute approximate surface area is 152 Å². The summed E-state index contributed by atoms with van der Waals surface area (Å²) in [5, 5.41) is 26.4. The zero-order valence-electron chi connectivity index (χ0n) is 14.3. The fraction of sp³-hybridized carbons (Fsp3) is 0.250. The summed E-state index contributed by atoms with van der Waals surface area (Å²) in [6.07, 6.45) is 2.55. The van der Waals surface area contributed by atoms with E-state index in [-0.39, 0.29) is 29.4 Å². The van der Waals surface area contributed by atoms with E-state index in [2.05, 4.69) is 20.6 Å². The van der Waals surface area contributed by atoms with Gasteiger partial charge in [-0.25, -0.2) is 9.97 Å². The number of hydrogen-bond acceptors (Lipinski definition) is 9. The Morgan fingerprint density at radius 2 is 2.11 bits per heavy atom. The number of nitro benzene ring substituents is 1. The largest absolute Gasteiger partial charge is 0.491 e. The van der Waals surface area contributed by atoms with Crippen LogP contribution in [0.25, 0.3) is 0 Å². The number of aromatic nitrogens is 2. The Morgan fingerprint density at radius 1 is 1.41 bits per heavy atom. The van der Waals surface area contributed by atoms with Gasteiger partial charge in [-0.15, -0.1) is 0 Å². The summed E-state index contributed by atoms with van der Waals surface area (Å²) in [5.41, 5.74) is -1.81. The molecule has 1 aliphatic heterocycles. The number of fused-ring (bicyclic) bond motifs is 1. The molecule has 1 amide bonds. The zero-order chi connectivity index (χ0) is 19.8. The molecule has 11 heteroatoms. The number of nitrogens with zero attached hydrogens (tertiary/aromatic N) is 3. The predicted molar refractivity (Wildman–Crippen MR) is 92.7 cm³/mol. The number of hydrogen-bond donors (Lipinski definition) is 3. The van der Waals surface area contributed by atoms with Gasteiger partial charge in [0.2, 0.25) is 5.91 Å². The number of ether oxygens (including phenoxy) is 1. The fourth-order valence-electron chi connectivity index (χ4n) is 2.75. The fourth-order valence-corrected chi connectivity index (χ4v) is 2.75. The molecular weight excluding hydrogens is 358 g/mol. The van der Waals surface area contributed by atoms with E-state index in [4.69, 9.17) is 4.74 Å². The van der Waals surface area contributed by atoms with Gasteiger partial charge in [-0.3, -0.25) is 19.7 Å². The Kier molecular flexibility index (Phi) is 4.35. The number of anilines is 3. The molecule has 1 unspecified atom stereocenters. The molecule has 1 aromatic heterocycles. The number of benzene rings is 1. The molecule has 2 aromatic rings. The molecule has 2 heterocycles. The first-order valence-electron chi connectivity index (χ1n) is 7.87. The van der Waals surface area contributed by atoms with Gasteiger partial charge in [0, 0.05) is 29.7 Å². The molecule has 0 spiro atoms. The highest BCUT2D eigenvalue weighted by atomic mass is 16.6. The van der Waals surface area contributed by atoms with Crippen molar-refractivity contribution in [2.45, 2.75) is 19.3 Å². The van der Waals surface area contributed by atoms with E-state index >= 15 is 0 Å². The van der Waals surface area contributed by atoms with Crippen molar-refractivity contribution >= 4 is 34.8 Å². The van der Waals surface area contributed by atoms with Gasteiger partial charge in [0.1, 0.15) is 5.69 Å². The van der Waals surface area contributed by atoms with Gasteiger partial charge in [-0.1, -0.05) is 0 Å². The molecule has 140 valence electrons. The molecule has 0 radical (unpaired) electrons. The summed E-state index contributed by atoms with van der Waals surface area (Å²) in [7, 11) is 0. The maximum atomic E-state index is 12.4. The monoisotopic (exact) mass is 373 g/mol. The molecule has 1 atom stereocenters. The molecule has 0 saturated carbocycles. The van der Waals surface area contributed by atoms with Crippen LogP contribution in [0.2, 0.25) is 0 Å². The second-order valence-corrected chi connectivity index (χ2v) is 5.83. The SMILES string of the molecule is CCOC(=O)C1(C)C(=O)Nc2cc(Nc3nccnc3O)c([N+](=O)[O-])cc21. The van der Waals surface area contributed by atoms with Crippen LogP contribution in [0.5, 0.6) is 5.88 Å². The first-order valence-corrected chi connectivity index (χ1v) is 7.87. The molecular formula is C16H15N5O6. The van der Waals surface area contributed by atoms with Crippen molar-refractivity contribution in [1.29, 1.82) is 0 Å². The van der Waals surface area contributed by atoms with E-state index in [0.29, 0.717) is 0 Å². The van der Waals surface area contributed by atoms with Crippen LogP contribution in [0.3, 0.4) is 0 Å². The third-order valence-corrected chi connectivity index (χ3v) is 4.19. The van der Waals surface area contributed by atoms with E-state index in [1.807, 2.05) is 0 Å². The number of carbonyl (C=O) groups excluding carboxylic acids is 2. The lowest BCUT2D eigenvalue weighted by molar-refractivity contribution is -0.384. The minimum Gasteiger partial charge on any atom is -0.491 e. The molecule has 1 aromatic carbocycles. The summed E-state index contributed by atoms with van der Waals surface area (Å²) in [4.78, 5) is 43.1. The highest BCUT2D eigenvalue weighted by Gasteiger charge is 2.51. The third-order valence-electron chi connectivity index (χ3n) is 4.19. The first kappa shape index (κ1) is 18.0. The highest BCUT2D eigenvalue weighted by Crippen LogP contribution is 2.44. The number of aromatic hydroxyl groups is 1. The van der Waals surface area contributed by atoms with Gasteiger partial charge in [-0.2, -0.15) is 0 Å². The molecule has 0 saturated heterocycles. The number of nitrogens with one attached hydrogen (secondary N) is 2. The molecule has 11 nitrogen and oxygen atoms in total. The zero-order valence-corrected chi connectivity index (χ0v) is 14.3. The molecule has 0 bridgehead atoms. The van der Waals surface area contributed by atoms with E-state index < -0.39 is 33.8 Å². The lowest BCUT2D eigenvalue weighted by atomic mass is 9.83. The summed E-state index contributed by atoms with van der Waals surface area (Å²) in [5.74, 6) is -2.00. The standard InChI is InChI=1S/C16H15N5O6/c1-3-27-15(24)16(2)8-6-11(21(25)26)10(7-9(8)20-14(16)23)19-12-13(22)18-5-4-17-12/h4-7H,3H2,1-2H3,(H,17,19)(H,18,22)(H,20,23). The number of nitro groups is 1. The van der Waals surface area contributed by atoms with Crippen molar-refractivity contribution in [2.24, 2.45) is 0 Å². The lowest BCUT2D eigenvalue weighted by Gasteiger charge is -2.19. The molecule has 0 aliphatic carbocycles. The molecule has 1 aliphatic rings. The second-order valence-electron chi connectivity index (χ2n) is 5.83. The van der Waals surface area contributed by atoms with Crippen LogP contribution in [0.4, 0.5) is 22.9 Å². The minimum absolute atomic E-state index is 0.0389. The Morgan fingerprint density at radius 3 is 2.74 bits per heavy atom. The average Bonchev–Trinajstić information content (AvgIpc) is 2.87. The Hall–Kier alpha value is -3.76. The average molecular weight is 373 g/mol. The molecule has 3 N–H and O–H groups in total. The van der Waals surface area contributed by atoms with E-state index in [0.717, 1.165) is 6.07 Å². The van der Waals surface area contributed by atoms with Gasteiger partial charge >= 0.3 is 5.97 Å². The first-order chi connectivity index (χ1) is 12.8. The van der Waals surface area contributed by atoms with Crippen molar-refractivity contribution in [1.82, 2.24) is 9.97 Å². The number of amides is 1. The van der Waals surface area contributed by atoms with Crippen molar-refractivity contribution in [3.63, 3.8) is 0 Å². The van der Waals surface area contributed by atoms with Crippen LogP contribution < -0.4 is 10.6 Å². The van der Waals surface area contributed by atoms with Gasteiger partial charge in [0.15, 0.2) is 11.2 Å². The maximum absolute atomic E-state index is 12.4. The normalized spacial score (nSPS) is 17.8. The van der Waals surface area contributed by atoms with Gasteiger partial charge < -0.3 is 20.5 Å². The minimum atomic E-state index is -1.71. The Bertz CT molecular complexity index is 962. The van der Waals surface area contributed by atoms with Crippen molar-refractivity contribution in [3.05, 3.63) is 40.2 Å². The Balaban J connectivity index is 2.12. The summed E-state index contributed by atoms with van der Waals surface area (Å²) in [6.45, 7) is 3.00. The maximum Gasteiger partial charge on any atom is 0.326 e. The van der Waals surface area contributed by atoms with Crippen LogP contribution >= 0.6 is 0 Å². The molecule has 27 heavy (non-hydrogen) atoms. The van der Waals surface area contributed by atoms with Crippen LogP contribution in [0.15, 0.2) is 24.5 Å². The van der Waals surface area contributed by atoms with Crippen molar-refractivity contribution in [3.8, 4) is 5.88 Å². The van der Waals surface area contributed by atoms with Crippen molar-refractivity contribution in [2.75, 3.05) is 17.2 Å². The quantitative estimate of drug-likeness (QED) is 0.306. The van der Waals surface area contributed by atoms with Crippen molar-refractivity contribution < 1.29 is 24.4 Å². The molecule has 0 fully saturated rings. The third kappa shape index (κ3) is 2.88.